The number of hydrogen-bond acceptors (Lipinski definition) is 4. The van der Waals surface area contributed by atoms with Crippen LogP contribution in [0.4, 0.5) is 18.9 Å². The van der Waals surface area contributed by atoms with Gasteiger partial charge in [0.15, 0.2) is 5.78 Å². The Balaban J connectivity index is 1.72. The van der Waals surface area contributed by atoms with Crippen LogP contribution in [0.25, 0.3) is 11.1 Å². The lowest BCUT2D eigenvalue weighted by Crippen LogP contribution is -2.17. The molecule has 0 aliphatic rings. The Morgan fingerprint density at radius 1 is 1.00 bits per heavy atom. The number of pyridine rings is 1. The summed E-state index contributed by atoms with van der Waals surface area (Å²) in [5, 5.41) is 11.3. The van der Waals surface area contributed by atoms with Gasteiger partial charge in [-0.2, -0.15) is 18.4 Å². The van der Waals surface area contributed by atoms with Gasteiger partial charge in [0.1, 0.15) is 11.8 Å². The lowest BCUT2D eigenvalue weighted by Gasteiger charge is -2.10. The van der Waals surface area contributed by atoms with Gasteiger partial charge in [0.05, 0.1) is 12.0 Å². The SMILES string of the molecule is N#Cc1cc(-c2cccc(C(=O)CC(=O)Nc3cccc(C(F)(F)F)c3)c2)ccn1. The average molecular weight is 409 g/mol. The van der Waals surface area contributed by atoms with E-state index in [4.69, 9.17) is 5.26 Å². The molecule has 5 nitrogen and oxygen atoms in total. The molecule has 0 unspecified atom stereocenters. The number of hydrogen-bond donors (Lipinski definition) is 1. The van der Waals surface area contributed by atoms with Crippen molar-refractivity contribution in [3.05, 3.63) is 83.7 Å². The van der Waals surface area contributed by atoms with Crippen LogP contribution in [0, 0.1) is 11.3 Å². The Morgan fingerprint density at radius 2 is 1.73 bits per heavy atom. The maximum Gasteiger partial charge on any atom is 0.416 e. The predicted octanol–water partition coefficient (Wildman–Crippen LogP) is 4.85. The van der Waals surface area contributed by atoms with Crippen LogP contribution in [-0.4, -0.2) is 16.7 Å². The number of alkyl halides is 3. The summed E-state index contributed by atoms with van der Waals surface area (Å²) in [6, 6.07) is 15.9. The van der Waals surface area contributed by atoms with Crippen molar-refractivity contribution in [1.82, 2.24) is 4.98 Å². The fraction of sp³-hybridized carbons (Fsp3) is 0.0909. The van der Waals surface area contributed by atoms with E-state index in [-0.39, 0.29) is 16.9 Å². The van der Waals surface area contributed by atoms with Crippen LogP contribution in [-0.2, 0) is 11.0 Å². The minimum atomic E-state index is -4.53. The molecule has 1 amide bonds. The highest BCUT2D eigenvalue weighted by molar-refractivity contribution is 6.11. The minimum Gasteiger partial charge on any atom is -0.326 e. The van der Waals surface area contributed by atoms with Gasteiger partial charge in [-0.3, -0.25) is 9.59 Å². The summed E-state index contributed by atoms with van der Waals surface area (Å²) >= 11 is 0. The van der Waals surface area contributed by atoms with E-state index in [1.54, 1.807) is 30.3 Å². The van der Waals surface area contributed by atoms with Crippen molar-refractivity contribution in [1.29, 1.82) is 5.26 Å². The number of ketones is 1. The van der Waals surface area contributed by atoms with Crippen molar-refractivity contribution < 1.29 is 22.8 Å². The molecule has 3 aromatic rings. The van der Waals surface area contributed by atoms with E-state index in [1.807, 2.05) is 6.07 Å². The largest absolute Gasteiger partial charge is 0.416 e. The molecule has 1 N–H and O–H groups in total. The molecule has 0 atom stereocenters. The molecular weight excluding hydrogens is 395 g/mol. The molecule has 1 heterocycles. The summed E-state index contributed by atoms with van der Waals surface area (Å²) < 4.78 is 38.3. The van der Waals surface area contributed by atoms with Crippen LogP contribution in [0.5, 0.6) is 0 Å². The first-order valence-corrected chi connectivity index (χ1v) is 8.73. The van der Waals surface area contributed by atoms with E-state index >= 15 is 0 Å². The lowest BCUT2D eigenvalue weighted by molar-refractivity contribution is -0.137. The van der Waals surface area contributed by atoms with E-state index < -0.39 is 29.9 Å². The van der Waals surface area contributed by atoms with Crippen molar-refractivity contribution in [2.24, 2.45) is 0 Å². The summed E-state index contributed by atoms with van der Waals surface area (Å²) in [6.07, 6.45) is -3.58. The van der Waals surface area contributed by atoms with Gasteiger partial charge in [0.25, 0.3) is 0 Å². The molecule has 8 heteroatoms. The quantitative estimate of drug-likeness (QED) is 0.482. The highest BCUT2D eigenvalue weighted by atomic mass is 19.4. The molecule has 0 fully saturated rings. The number of nitrogens with zero attached hydrogens (tertiary/aromatic N) is 2. The van der Waals surface area contributed by atoms with E-state index in [0.29, 0.717) is 11.1 Å². The topological polar surface area (TPSA) is 82.8 Å². The predicted molar refractivity (Wildman–Crippen MR) is 103 cm³/mol. The van der Waals surface area contributed by atoms with Gasteiger partial charge in [-0.15, -0.1) is 0 Å². The van der Waals surface area contributed by atoms with Crippen molar-refractivity contribution in [2.45, 2.75) is 12.6 Å². The van der Waals surface area contributed by atoms with Crippen molar-refractivity contribution >= 4 is 17.4 Å². The zero-order valence-corrected chi connectivity index (χ0v) is 15.4. The van der Waals surface area contributed by atoms with Crippen LogP contribution < -0.4 is 5.32 Å². The number of carbonyl (C=O) groups is 2. The second kappa shape index (κ2) is 8.57. The molecule has 0 aliphatic heterocycles. The summed E-state index contributed by atoms with van der Waals surface area (Å²) in [5.41, 5.74) is 0.903. The summed E-state index contributed by atoms with van der Waals surface area (Å²) in [7, 11) is 0. The van der Waals surface area contributed by atoms with Gasteiger partial charge in [0.2, 0.25) is 5.91 Å². The maximum atomic E-state index is 12.8. The zero-order chi connectivity index (χ0) is 21.7. The monoisotopic (exact) mass is 409 g/mol. The third-order valence-electron chi connectivity index (χ3n) is 4.19. The van der Waals surface area contributed by atoms with Gasteiger partial charge >= 0.3 is 6.18 Å². The number of nitrogens with one attached hydrogen (secondary N) is 1. The lowest BCUT2D eigenvalue weighted by atomic mass is 10.0. The van der Waals surface area contributed by atoms with E-state index in [9.17, 15) is 22.8 Å². The number of aromatic nitrogens is 1. The number of nitriles is 1. The first kappa shape index (κ1) is 20.7. The molecule has 0 saturated carbocycles. The Morgan fingerprint density at radius 3 is 2.47 bits per heavy atom. The molecule has 150 valence electrons. The van der Waals surface area contributed by atoms with E-state index in [1.165, 1.54) is 24.4 Å². The van der Waals surface area contributed by atoms with Gasteiger partial charge in [-0.1, -0.05) is 24.3 Å². The fourth-order valence-electron chi connectivity index (χ4n) is 2.77. The van der Waals surface area contributed by atoms with Crippen LogP contribution >= 0.6 is 0 Å². The molecule has 3 rings (SSSR count). The van der Waals surface area contributed by atoms with Crippen molar-refractivity contribution in [2.75, 3.05) is 5.32 Å². The Labute approximate surface area is 169 Å². The molecule has 2 aromatic carbocycles. The fourth-order valence-corrected chi connectivity index (χ4v) is 2.77. The number of anilines is 1. The van der Waals surface area contributed by atoms with Crippen molar-refractivity contribution in [3.63, 3.8) is 0 Å². The van der Waals surface area contributed by atoms with Crippen LogP contribution in [0.2, 0.25) is 0 Å². The van der Waals surface area contributed by atoms with Gasteiger partial charge in [0, 0.05) is 17.4 Å². The third-order valence-corrected chi connectivity index (χ3v) is 4.19. The Bertz CT molecular complexity index is 1150. The van der Waals surface area contributed by atoms with E-state index in [0.717, 1.165) is 12.1 Å². The number of amides is 1. The second-order valence-electron chi connectivity index (χ2n) is 6.35. The van der Waals surface area contributed by atoms with Crippen LogP contribution in [0.3, 0.4) is 0 Å². The van der Waals surface area contributed by atoms with Crippen LogP contribution in [0.15, 0.2) is 66.9 Å². The van der Waals surface area contributed by atoms with Gasteiger partial charge < -0.3 is 5.32 Å². The molecule has 0 saturated heterocycles. The highest BCUT2D eigenvalue weighted by Crippen LogP contribution is 2.30. The smallest absolute Gasteiger partial charge is 0.326 e. The molecule has 30 heavy (non-hydrogen) atoms. The van der Waals surface area contributed by atoms with E-state index in [2.05, 4.69) is 10.3 Å². The summed E-state index contributed by atoms with van der Waals surface area (Å²) in [6.45, 7) is 0. The number of carbonyl (C=O) groups excluding carboxylic acids is 2. The van der Waals surface area contributed by atoms with Crippen LogP contribution in [0.1, 0.15) is 28.0 Å². The second-order valence-corrected chi connectivity index (χ2v) is 6.35. The minimum absolute atomic E-state index is 0.0443. The summed E-state index contributed by atoms with van der Waals surface area (Å²) in [5.74, 6) is -1.21. The molecule has 0 aliphatic carbocycles. The molecular formula is C22H14F3N3O2. The number of benzene rings is 2. The first-order chi connectivity index (χ1) is 14.3. The molecule has 0 spiro atoms. The standard InChI is InChI=1S/C22H14F3N3O2/c23-22(24,25)17-5-2-6-18(11-17)28-21(30)12-20(29)16-4-1-3-14(9-16)15-7-8-27-19(10-15)13-26/h1-11H,12H2,(H,28,30). The zero-order valence-electron chi connectivity index (χ0n) is 15.4. The maximum absolute atomic E-state index is 12.8. The number of halogens is 3. The molecule has 0 radical (unpaired) electrons. The Kier molecular flexibility index (Phi) is 5.93. The Hall–Kier alpha value is -3.99. The normalized spacial score (nSPS) is 10.9. The summed E-state index contributed by atoms with van der Waals surface area (Å²) in [4.78, 5) is 28.5. The molecule has 0 bridgehead atoms. The highest BCUT2D eigenvalue weighted by Gasteiger charge is 2.30. The number of rotatable bonds is 5. The average Bonchev–Trinajstić information content (AvgIpc) is 2.73. The van der Waals surface area contributed by atoms with Gasteiger partial charge in [-0.05, 0) is 47.5 Å². The molecule has 1 aromatic heterocycles. The third kappa shape index (κ3) is 5.08. The van der Waals surface area contributed by atoms with Gasteiger partial charge in [-0.25, -0.2) is 4.98 Å². The number of Topliss-reactive ketones (excluding diaryl/α,β-unsaturated/α-hetero) is 1. The first-order valence-electron chi connectivity index (χ1n) is 8.73. The van der Waals surface area contributed by atoms with Crippen molar-refractivity contribution in [3.8, 4) is 17.2 Å².